The zero-order valence-electron chi connectivity index (χ0n) is 12.8. The lowest BCUT2D eigenvalue weighted by Crippen LogP contribution is -2.40. The highest BCUT2D eigenvalue weighted by Crippen LogP contribution is 2.23. The van der Waals surface area contributed by atoms with Gasteiger partial charge in [0.15, 0.2) is 0 Å². The first kappa shape index (κ1) is 15.5. The lowest BCUT2D eigenvalue weighted by molar-refractivity contribution is -0.137. The Labute approximate surface area is 125 Å². The largest absolute Gasteiger partial charge is 0.481 e. The molecule has 4 heteroatoms. The summed E-state index contributed by atoms with van der Waals surface area (Å²) in [6, 6.07) is 5.89. The summed E-state index contributed by atoms with van der Waals surface area (Å²) in [5, 5.41) is 8.78. The second-order valence-electron chi connectivity index (χ2n) is 6.01. The van der Waals surface area contributed by atoms with E-state index in [-0.39, 0.29) is 12.3 Å². The number of likely N-dealkylation sites (tertiary alicyclic amines) is 1. The number of hydrogen-bond donors (Lipinski definition) is 1. The van der Waals surface area contributed by atoms with Gasteiger partial charge in [-0.2, -0.15) is 0 Å². The molecule has 2 rings (SSSR count). The molecule has 1 amide bonds. The van der Waals surface area contributed by atoms with Crippen LogP contribution in [-0.4, -0.2) is 35.0 Å². The van der Waals surface area contributed by atoms with Crippen LogP contribution in [0.2, 0.25) is 0 Å². The van der Waals surface area contributed by atoms with E-state index in [4.69, 9.17) is 5.11 Å². The Morgan fingerprint density at radius 3 is 2.76 bits per heavy atom. The number of nitrogens with zero attached hydrogens (tertiary/aromatic N) is 1. The maximum absolute atomic E-state index is 12.6. The number of carbonyl (C=O) groups is 2. The van der Waals surface area contributed by atoms with Crippen LogP contribution in [-0.2, 0) is 4.79 Å². The molecule has 1 N–H and O–H groups in total. The van der Waals surface area contributed by atoms with Crippen LogP contribution in [0.1, 0.15) is 47.2 Å². The van der Waals surface area contributed by atoms with Crippen molar-refractivity contribution in [3.63, 3.8) is 0 Å². The average molecular weight is 289 g/mol. The number of rotatable bonds is 4. The summed E-state index contributed by atoms with van der Waals surface area (Å²) in [6.45, 7) is 5.44. The summed E-state index contributed by atoms with van der Waals surface area (Å²) >= 11 is 0. The van der Waals surface area contributed by atoms with Crippen LogP contribution in [0.3, 0.4) is 0 Å². The first-order valence-electron chi connectivity index (χ1n) is 7.55. The van der Waals surface area contributed by atoms with E-state index in [1.54, 1.807) is 0 Å². The third-order valence-electron chi connectivity index (χ3n) is 4.18. The van der Waals surface area contributed by atoms with Crippen molar-refractivity contribution in [2.75, 3.05) is 13.1 Å². The number of benzene rings is 1. The number of hydrogen-bond acceptors (Lipinski definition) is 2. The van der Waals surface area contributed by atoms with Crippen molar-refractivity contribution in [2.24, 2.45) is 5.92 Å². The molecule has 1 saturated heterocycles. The molecule has 1 atom stereocenters. The summed E-state index contributed by atoms with van der Waals surface area (Å²) in [5.74, 6) is -0.370. The smallest absolute Gasteiger partial charge is 0.303 e. The van der Waals surface area contributed by atoms with E-state index in [0.29, 0.717) is 18.9 Å². The number of aryl methyl sites for hydroxylation is 2. The molecule has 0 spiro atoms. The molecule has 1 aliphatic rings. The fourth-order valence-electron chi connectivity index (χ4n) is 3.04. The number of carboxylic acid groups (broad SMARTS) is 1. The fourth-order valence-corrected chi connectivity index (χ4v) is 3.04. The molecule has 0 unspecified atom stereocenters. The van der Waals surface area contributed by atoms with Crippen molar-refractivity contribution in [1.82, 2.24) is 4.90 Å². The van der Waals surface area contributed by atoms with Gasteiger partial charge >= 0.3 is 5.97 Å². The summed E-state index contributed by atoms with van der Waals surface area (Å²) < 4.78 is 0. The zero-order chi connectivity index (χ0) is 15.4. The van der Waals surface area contributed by atoms with Gasteiger partial charge in [0, 0.05) is 25.1 Å². The molecule has 0 saturated carbocycles. The number of carboxylic acids is 1. The van der Waals surface area contributed by atoms with Gasteiger partial charge in [-0.15, -0.1) is 0 Å². The minimum atomic E-state index is -0.757. The van der Waals surface area contributed by atoms with E-state index in [1.165, 1.54) is 0 Å². The second-order valence-corrected chi connectivity index (χ2v) is 6.01. The first-order chi connectivity index (χ1) is 9.97. The third kappa shape index (κ3) is 4.06. The minimum Gasteiger partial charge on any atom is -0.481 e. The highest BCUT2D eigenvalue weighted by molar-refractivity contribution is 5.95. The van der Waals surface area contributed by atoms with E-state index < -0.39 is 5.97 Å². The molecular formula is C17H23NO3. The van der Waals surface area contributed by atoms with Gasteiger partial charge in [-0.1, -0.05) is 17.7 Å². The summed E-state index contributed by atoms with van der Waals surface area (Å²) in [4.78, 5) is 25.2. The van der Waals surface area contributed by atoms with Crippen LogP contribution in [0, 0.1) is 19.8 Å². The molecule has 1 aromatic rings. The molecule has 21 heavy (non-hydrogen) atoms. The van der Waals surface area contributed by atoms with Crippen LogP contribution < -0.4 is 0 Å². The molecule has 0 aromatic heterocycles. The van der Waals surface area contributed by atoms with E-state index in [2.05, 4.69) is 0 Å². The van der Waals surface area contributed by atoms with Gasteiger partial charge in [0.1, 0.15) is 0 Å². The SMILES string of the molecule is Cc1ccc(C(=O)N2CCC[C@H](CCC(=O)O)C2)c(C)c1. The van der Waals surface area contributed by atoms with Crippen LogP contribution in [0.5, 0.6) is 0 Å². The third-order valence-corrected chi connectivity index (χ3v) is 4.18. The van der Waals surface area contributed by atoms with Crippen molar-refractivity contribution in [3.05, 3.63) is 34.9 Å². The van der Waals surface area contributed by atoms with Crippen LogP contribution in [0.4, 0.5) is 0 Å². The maximum atomic E-state index is 12.6. The molecule has 1 fully saturated rings. The zero-order valence-corrected chi connectivity index (χ0v) is 12.8. The summed E-state index contributed by atoms with van der Waals surface area (Å²) in [6.07, 6.45) is 2.83. The van der Waals surface area contributed by atoms with Crippen LogP contribution in [0.25, 0.3) is 0 Å². The van der Waals surface area contributed by atoms with Crippen LogP contribution in [0.15, 0.2) is 18.2 Å². The Morgan fingerprint density at radius 2 is 2.10 bits per heavy atom. The average Bonchev–Trinajstić information content (AvgIpc) is 2.45. The molecule has 4 nitrogen and oxygen atoms in total. The maximum Gasteiger partial charge on any atom is 0.303 e. The molecule has 0 bridgehead atoms. The lowest BCUT2D eigenvalue weighted by atomic mass is 9.92. The highest BCUT2D eigenvalue weighted by Gasteiger charge is 2.25. The number of aliphatic carboxylic acids is 1. The predicted molar refractivity (Wildman–Crippen MR) is 81.4 cm³/mol. The molecular weight excluding hydrogens is 266 g/mol. The van der Waals surface area contributed by atoms with E-state index in [9.17, 15) is 9.59 Å². The topological polar surface area (TPSA) is 57.6 Å². The van der Waals surface area contributed by atoms with Gasteiger partial charge in [0.05, 0.1) is 0 Å². The number of amides is 1. The molecule has 0 radical (unpaired) electrons. The molecule has 114 valence electrons. The number of carbonyl (C=O) groups excluding carboxylic acids is 1. The quantitative estimate of drug-likeness (QED) is 0.927. The standard InChI is InChI=1S/C17H23NO3/c1-12-5-7-15(13(2)10-12)17(21)18-9-3-4-14(11-18)6-8-16(19)20/h5,7,10,14H,3-4,6,8-9,11H2,1-2H3,(H,19,20)/t14-/m1/s1. The monoisotopic (exact) mass is 289 g/mol. The van der Waals surface area contributed by atoms with Crippen LogP contribution >= 0.6 is 0 Å². The van der Waals surface area contributed by atoms with Gasteiger partial charge in [-0.05, 0) is 50.7 Å². The van der Waals surface area contributed by atoms with Gasteiger partial charge in [0.25, 0.3) is 5.91 Å². The fraction of sp³-hybridized carbons (Fsp3) is 0.529. The molecule has 1 aliphatic heterocycles. The minimum absolute atomic E-state index is 0.0764. The van der Waals surface area contributed by atoms with Crippen molar-refractivity contribution in [1.29, 1.82) is 0 Å². The Bertz CT molecular complexity index is 539. The van der Waals surface area contributed by atoms with Crippen molar-refractivity contribution < 1.29 is 14.7 Å². The summed E-state index contributed by atoms with van der Waals surface area (Å²) in [5.41, 5.74) is 2.93. The van der Waals surface area contributed by atoms with E-state index in [1.807, 2.05) is 36.9 Å². The highest BCUT2D eigenvalue weighted by atomic mass is 16.4. The van der Waals surface area contributed by atoms with E-state index >= 15 is 0 Å². The van der Waals surface area contributed by atoms with Crippen molar-refractivity contribution in [3.8, 4) is 0 Å². The number of piperidine rings is 1. The molecule has 0 aliphatic carbocycles. The normalized spacial score (nSPS) is 18.6. The Balaban J connectivity index is 2.03. The first-order valence-corrected chi connectivity index (χ1v) is 7.55. The van der Waals surface area contributed by atoms with Crippen molar-refractivity contribution in [2.45, 2.75) is 39.5 Å². The van der Waals surface area contributed by atoms with E-state index in [0.717, 1.165) is 36.1 Å². The second kappa shape index (κ2) is 6.74. The lowest BCUT2D eigenvalue weighted by Gasteiger charge is -2.33. The Hall–Kier alpha value is -1.84. The van der Waals surface area contributed by atoms with Gasteiger partial charge < -0.3 is 10.0 Å². The Kier molecular flexibility index (Phi) is 4.99. The molecule has 1 aromatic carbocycles. The molecule has 1 heterocycles. The Morgan fingerprint density at radius 1 is 1.33 bits per heavy atom. The van der Waals surface area contributed by atoms with Crippen molar-refractivity contribution >= 4 is 11.9 Å². The van der Waals surface area contributed by atoms with Gasteiger partial charge in [-0.25, -0.2) is 0 Å². The summed E-state index contributed by atoms with van der Waals surface area (Å²) in [7, 11) is 0. The van der Waals surface area contributed by atoms with Gasteiger partial charge in [0.2, 0.25) is 0 Å². The van der Waals surface area contributed by atoms with Gasteiger partial charge in [-0.3, -0.25) is 9.59 Å². The predicted octanol–water partition coefficient (Wildman–Crippen LogP) is 3.02.